The maximum atomic E-state index is 12.6. The van der Waals surface area contributed by atoms with Crippen molar-refractivity contribution in [1.82, 2.24) is 4.31 Å². The van der Waals surface area contributed by atoms with Gasteiger partial charge in [0, 0.05) is 17.6 Å². The monoisotopic (exact) mass is 374 g/mol. The Morgan fingerprint density at radius 1 is 1.52 bits per heavy atom. The van der Waals surface area contributed by atoms with Gasteiger partial charge in [0.05, 0.1) is 22.9 Å². The Hall–Kier alpha value is -1.43. The predicted molar refractivity (Wildman–Crippen MR) is 80.5 cm³/mol. The van der Waals surface area contributed by atoms with E-state index >= 15 is 0 Å². The molecule has 1 atom stereocenters. The first kappa shape index (κ1) is 17.6. The molecule has 0 saturated carbocycles. The zero-order valence-electron chi connectivity index (χ0n) is 11.8. The van der Waals surface area contributed by atoms with Crippen LogP contribution >= 0.6 is 15.9 Å². The Morgan fingerprint density at radius 2 is 2.10 bits per heavy atom. The van der Waals surface area contributed by atoms with Gasteiger partial charge in [0.2, 0.25) is 10.0 Å². The fraction of sp³-hybridized carbons (Fsp3) is 0.385. The molecule has 0 heterocycles. The first-order valence-corrected chi connectivity index (χ1v) is 8.24. The van der Waals surface area contributed by atoms with Crippen LogP contribution in [0.1, 0.15) is 29.3 Å². The SMILES string of the molecule is Cc1c(Br)cc(C(=O)O)cc1S(=O)(=O)N(C)C(C)CC#N. The van der Waals surface area contributed by atoms with Crippen molar-refractivity contribution in [2.45, 2.75) is 31.2 Å². The summed E-state index contributed by atoms with van der Waals surface area (Å²) in [4.78, 5) is 11.0. The van der Waals surface area contributed by atoms with Crippen LogP contribution in [0.3, 0.4) is 0 Å². The summed E-state index contributed by atoms with van der Waals surface area (Å²) in [6.45, 7) is 3.21. The van der Waals surface area contributed by atoms with E-state index in [2.05, 4.69) is 15.9 Å². The van der Waals surface area contributed by atoms with Crippen LogP contribution < -0.4 is 0 Å². The number of aromatic carboxylic acids is 1. The molecule has 114 valence electrons. The standard InChI is InChI=1S/C13H15BrN2O4S/c1-8(4-5-15)16(3)21(19,20)12-7-10(13(17)18)6-11(14)9(12)2/h6-8H,4H2,1-3H3,(H,17,18). The summed E-state index contributed by atoms with van der Waals surface area (Å²) in [5.41, 5.74) is 0.309. The van der Waals surface area contributed by atoms with E-state index in [4.69, 9.17) is 10.4 Å². The molecule has 1 unspecified atom stereocenters. The number of benzene rings is 1. The van der Waals surface area contributed by atoms with Gasteiger partial charge in [0.1, 0.15) is 0 Å². The quantitative estimate of drug-likeness (QED) is 0.852. The summed E-state index contributed by atoms with van der Waals surface area (Å²) in [5, 5.41) is 17.7. The van der Waals surface area contributed by atoms with Gasteiger partial charge < -0.3 is 5.11 Å². The Bertz CT molecular complexity index is 710. The molecule has 1 N–H and O–H groups in total. The van der Waals surface area contributed by atoms with Crippen molar-refractivity contribution < 1.29 is 18.3 Å². The van der Waals surface area contributed by atoms with Crippen LogP contribution in [0.2, 0.25) is 0 Å². The van der Waals surface area contributed by atoms with Crippen molar-refractivity contribution in [2.24, 2.45) is 0 Å². The minimum Gasteiger partial charge on any atom is -0.478 e. The van der Waals surface area contributed by atoms with E-state index in [9.17, 15) is 13.2 Å². The number of rotatable bonds is 5. The maximum Gasteiger partial charge on any atom is 0.335 e. The van der Waals surface area contributed by atoms with E-state index in [1.807, 2.05) is 6.07 Å². The Balaban J connectivity index is 3.45. The van der Waals surface area contributed by atoms with Gasteiger partial charge in [-0.1, -0.05) is 15.9 Å². The van der Waals surface area contributed by atoms with Gasteiger partial charge in [-0.2, -0.15) is 9.57 Å². The normalized spacial score (nSPS) is 13.0. The third kappa shape index (κ3) is 3.61. The van der Waals surface area contributed by atoms with Crippen LogP contribution in [0.25, 0.3) is 0 Å². The van der Waals surface area contributed by atoms with Gasteiger partial charge in [-0.05, 0) is 31.5 Å². The van der Waals surface area contributed by atoms with Crippen molar-refractivity contribution in [2.75, 3.05) is 7.05 Å². The number of nitrogens with zero attached hydrogens (tertiary/aromatic N) is 2. The van der Waals surface area contributed by atoms with Crippen molar-refractivity contribution >= 4 is 31.9 Å². The summed E-state index contributed by atoms with van der Waals surface area (Å²) in [6, 6.07) is 3.90. The van der Waals surface area contributed by atoms with Crippen molar-refractivity contribution in [1.29, 1.82) is 5.26 Å². The molecule has 8 heteroatoms. The van der Waals surface area contributed by atoms with E-state index in [0.717, 1.165) is 10.4 Å². The molecule has 0 radical (unpaired) electrons. The Kier molecular flexibility index (Phi) is 5.50. The molecule has 0 fully saturated rings. The maximum absolute atomic E-state index is 12.6. The fourth-order valence-corrected chi connectivity index (χ4v) is 3.92. The fourth-order valence-electron chi connectivity index (χ4n) is 1.70. The molecular formula is C13H15BrN2O4S. The van der Waals surface area contributed by atoms with E-state index in [1.165, 1.54) is 13.1 Å². The summed E-state index contributed by atoms with van der Waals surface area (Å²) in [6.07, 6.45) is 0.0502. The lowest BCUT2D eigenvalue weighted by atomic mass is 10.1. The van der Waals surface area contributed by atoms with E-state index < -0.39 is 22.0 Å². The Morgan fingerprint density at radius 3 is 2.57 bits per heavy atom. The third-order valence-corrected chi connectivity index (χ3v) is 6.13. The van der Waals surface area contributed by atoms with Crippen molar-refractivity contribution in [3.63, 3.8) is 0 Å². The molecule has 0 amide bonds. The molecule has 0 bridgehead atoms. The highest BCUT2D eigenvalue weighted by molar-refractivity contribution is 9.10. The highest BCUT2D eigenvalue weighted by Crippen LogP contribution is 2.28. The number of carbonyl (C=O) groups is 1. The van der Waals surface area contributed by atoms with Gasteiger partial charge in [-0.3, -0.25) is 0 Å². The number of sulfonamides is 1. The first-order valence-electron chi connectivity index (χ1n) is 6.01. The number of hydrogen-bond donors (Lipinski definition) is 1. The highest BCUT2D eigenvalue weighted by atomic mass is 79.9. The second kappa shape index (κ2) is 6.56. The molecule has 1 aromatic carbocycles. The molecule has 0 aliphatic heterocycles. The highest BCUT2D eigenvalue weighted by Gasteiger charge is 2.28. The smallest absolute Gasteiger partial charge is 0.335 e. The lowest BCUT2D eigenvalue weighted by molar-refractivity contribution is 0.0696. The number of carboxylic acid groups (broad SMARTS) is 1. The molecule has 0 aliphatic rings. The predicted octanol–water partition coefficient (Wildman–Crippen LogP) is 2.38. The van der Waals surface area contributed by atoms with E-state index in [1.54, 1.807) is 13.8 Å². The topological polar surface area (TPSA) is 98.5 Å². The van der Waals surface area contributed by atoms with Crippen LogP contribution in [0.5, 0.6) is 0 Å². The van der Waals surface area contributed by atoms with Crippen LogP contribution in [0.4, 0.5) is 0 Å². The summed E-state index contributed by atoms with van der Waals surface area (Å²) >= 11 is 3.18. The summed E-state index contributed by atoms with van der Waals surface area (Å²) < 4.78 is 26.7. The lowest BCUT2D eigenvalue weighted by Crippen LogP contribution is -2.35. The lowest BCUT2D eigenvalue weighted by Gasteiger charge is -2.23. The Labute approximate surface area is 132 Å². The summed E-state index contributed by atoms with van der Waals surface area (Å²) in [5.74, 6) is -1.21. The summed E-state index contributed by atoms with van der Waals surface area (Å²) in [7, 11) is -2.51. The largest absolute Gasteiger partial charge is 0.478 e. The second-order valence-electron chi connectivity index (χ2n) is 4.62. The molecule has 1 aromatic rings. The third-order valence-electron chi connectivity index (χ3n) is 3.21. The number of halogens is 1. The number of carboxylic acids is 1. The van der Waals surface area contributed by atoms with Gasteiger partial charge in [-0.15, -0.1) is 0 Å². The second-order valence-corrected chi connectivity index (χ2v) is 7.44. The minimum absolute atomic E-state index is 0.0502. The molecular weight excluding hydrogens is 360 g/mol. The molecule has 21 heavy (non-hydrogen) atoms. The van der Waals surface area contributed by atoms with E-state index in [0.29, 0.717) is 10.0 Å². The van der Waals surface area contributed by atoms with Crippen LogP contribution in [-0.2, 0) is 10.0 Å². The molecule has 0 spiro atoms. The van der Waals surface area contributed by atoms with Gasteiger partial charge in [0.25, 0.3) is 0 Å². The molecule has 1 rings (SSSR count). The van der Waals surface area contributed by atoms with Gasteiger partial charge >= 0.3 is 5.97 Å². The average molecular weight is 375 g/mol. The zero-order valence-corrected chi connectivity index (χ0v) is 14.2. The van der Waals surface area contributed by atoms with Crippen molar-refractivity contribution in [3.05, 3.63) is 27.7 Å². The molecule has 0 aliphatic carbocycles. The van der Waals surface area contributed by atoms with Crippen molar-refractivity contribution in [3.8, 4) is 6.07 Å². The first-order chi connectivity index (χ1) is 9.62. The average Bonchev–Trinajstić information content (AvgIpc) is 2.40. The molecule has 0 saturated heterocycles. The number of nitriles is 1. The van der Waals surface area contributed by atoms with E-state index in [-0.39, 0.29) is 16.9 Å². The minimum atomic E-state index is -3.88. The van der Waals surface area contributed by atoms with Crippen LogP contribution in [-0.4, -0.2) is 36.9 Å². The van der Waals surface area contributed by atoms with Crippen LogP contribution in [0.15, 0.2) is 21.5 Å². The van der Waals surface area contributed by atoms with Gasteiger partial charge in [-0.25, -0.2) is 13.2 Å². The zero-order chi connectivity index (χ0) is 16.4. The van der Waals surface area contributed by atoms with Gasteiger partial charge in [0.15, 0.2) is 0 Å². The van der Waals surface area contributed by atoms with Crippen LogP contribution in [0, 0.1) is 18.3 Å². The molecule has 6 nitrogen and oxygen atoms in total. The number of hydrogen-bond acceptors (Lipinski definition) is 4. The molecule has 0 aromatic heterocycles.